The van der Waals surface area contributed by atoms with Crippen molar-refractivity contribution >= 4 is 45.2 Å². The Morgan fingerprint density at radius 1 is 1.19 bits per heavy atom. The van der Waals surface area contributed by atoms with Gasteiger partial charge in [0, 0.05) is 11.4 Å². The molecule has 1 atom stereocenters. The van der Waals surface area contributed by atoms with Crippen molar-refractivity contribution < 1.29 is 9.59 Å². The molecule has 138 valence electrons. The van der Waals surface area contributed by atoms with E-state index >= 15 is 0 Å². The maximum atomic E-state index is 12.5. The monoisotopic (exact) mass is 381 g/mol. The van der Waals surface area contributed by atoms with Gasteiger partial charge in [0.25, 0.3) is 0 Å². The predicted octanol–water partition coefficient (Wildman–Crippen LogP) is 2.89. The molecular weight excluding hydrogens is 362 g/mol. The first-order chi connectivity index (χ1) is 13.1. The number of aryl methyl sites for hydroxylation is 2. The van der Waals surface area contributed by atoms with Gasteiger partial charge in [0.15, 0.2) is 0 Å². The number of aromatic nitrogens is 3. The molecule has 2 aromatic carbocycles. The number of benzene rings is 2. The molecule has 7 nitrogen and oxygen atoms in total. The largest absolute Gasteiger partial charge is 0.374 e. The second-order valence-corrected chi connectivity index (χ2v) is 7.56. The van der Waals surface area contributed by atoms with E-state index in [4.69, 9.17) is 0 Å². The molecule has 1 aromatic heterocycles. The molecule has 2 heterocycles. The number of carbonyl (C=O) groups excluding carboxylic acids is 2. The van der Waals surface area contributed by atoms with Crippen molar-refractivity contribution in [2.24, 2.45) is 0 Å². The smallest absolute Gasteiger partial charge is 0.234 e. The molecule has 3 N–H and O–H groups in total. The van der Waals surface area contributed by atoms with Crippen LogP contribution < -0.4 is 10.6 Å². The topological polar surface area (TPSA) is 99.8 Å². The minimum absolute atomic E-state index is 0.0108. The van der Waals surface area contributed by atoms with Gasteiger partial charge in [-0.1, -0.05) is 29.5 Å². The Balaban J connectivity index is 1.31. The lowest BCUT2D eigenvalue weighted by atomic mass is 9.97. The number of anilines is 2. The van der Waals surface area contributed by atoms with Gasteiger partial charge in [0.2, 0.25) is 11.0 Å². The van der Waals surface area contributed by atoms with Crippen LogP contribution >= 0.6 is 11.8 Å². The van der Waals surface area contributed by atoms with Gasteiger partial charge in [0.1, 0.15) is 11.0 Å². The number of rotatable bonds is 4. The van der Waals surface area contributed by atoms with Gasteiger partial charge >= 0.3 is 0 Å². The molecule has 3 aromatic rings. The van der Waals surface area contributed by atoms with E-state index in [1.807, 2.05) is 12.1 Å². The van der Waals surface area contributed by atoms with Crippen LogP contribution in [0.5, 0.6) is 0 Å². The van der Waals surface area contributed by atoms with E-state index in [2.05, 4.69) is 39.0 Å². The van der Waals surface area contributed by atoms with Crippen molar-refractivity contribution in [2.45, 2.75) is 25.8 Å². The molecule has 4 rings (SSSR count). The highest BCUT2D eigenvalue weighted by Gasteiger charge is 2.24. The molecule has 0 saturated carbocycles. The lowest BCUT2D eigenvalue weighted by Crippen LogP contribution is -2.32. The Bertz CT molecular complexity index is 1020. The van der Waals surface area contributed by atoms with Crippen molar-refractivity contribution in [1.82, 2.24) is 15.4 Å². The summed E-state index contributed by atoms with van der Waals surface area (Å²) in [5.74, 6) is -0.141. The third-order valence-electron chi connectivity index (χ3n) is 4.52. The lowest BCUT2D eigenvalue weighted by molar-refractivity contribution is -0.115. The van der Waals surface area contributed by atoms with Crippen molar-refractivity contribution in [3.63, 3.8) is 0 Å². The minimum Gasteiger partial charge on any atom is -0.374 e. The quantitative estimate of drug-likeness (QED) is 0.643. The van der Waals surface area contributed by atoms with E-state index in [1.54, 1.807) is 18.2 Å². The Labute approximate surface area is 160 Å². The van der Waals surface area contributed by atoms with Crippen LogP contribution in [-0.4, -0.2) is 38.2 Å². The Kier molecular flexibility index (Phi) is 4.81. The number of nitrogens with one attached hydrogen (secondary N) is 3. The Morgan fingerprint density at radius 3 is 2.93 bits per heavy atom. The summed E-state index contributed by atoms with van der Waals surface area (Å²) >= 11 is 1.05. The summed E-state index contributed by atoms with van der Waals surface area (Å²) in [6.45, 7) is 2.06. The summed E-state index contributed by atoms with van der Waals surface area (Å²) in [5.41, 5.74) is 5.51. The standard InChI is InChI=1S/C19H19N5O2S/c1-11-2-5-14-12(8-11)3-6-16(21-14)19(26)27-10-18(25)20-13-4-7-15-17(9-13)23-24-22-15/h2,4-5,7-9,16,21H,3,6,10H2,1H3,(H,20,25)(H,22,23,24). The van der Waals surface area contributed by atoms with Gasteiger partial charge in [-0.2, -0.15) is 15.4 Å². The van der Waals surface area contributed by atoms with Crippen LogP contribution in [0.3, 0.4) is 0 Å². The number of amides is 1. The fraction of sp³-hybridized carbons (Fsp3) is 0.263. The van der Waals surface area contributed by atoms with Crippen LogP contribution in [0.1, 0.15) is 17.5 Å². The van der Waals surface area contributed by atoms with Crippen LogP contribution in [0.15, 0.2) is 36.4 Å². The van der Waals surface area contributed by atoms with E-state index in [0.29, 0.717) is 11.2 Å². The van der Waals surface area contributed by atoms with Gasteiger partial charge in [-0.25, -0.2) is 0 Å². The second-order valence-electron chi connectivity index (χ2n) is 6.58. The molecule has 1 amide bonds. The number of hydrogen-bond donors (Lipinski definition) is 3. The number of hydrogen-bond acceptors (Lipinski definition) is 6. The van der Waals surface area contributed by atoms with Crippen LogP contribution in [0.2, 0.25) is 0 Å². The summed E-state index contributed by atoms with van der Waals surface area (Å²) in [6, 6.07) is 11.2. The summed E-state index contributed by atoms with van der Waals surface area (Å²) < 4.78 is 0. The van der Waals surface area contributed by atoms with Gasteiger partial charge < -0.3 is 10.6 Å². The summed E-state index contributed by atoms with van der Waals surface area (Å²) in [6.07, 6.45) is 1.61. The number of aromatic amines is 1. The van der Waals surface area contributed by atoms with Gasteiger partial charge in [-0.15, -0.1) is 0 Å². The maximum absolute atomic E-state index is 12.5. The highest BCUT2D eigenvalue weighted by molar-refractivity contribution is 8.14. The molecule has 0 radical (unpaired) electrons. The molecular formula is C19H19N5O2S. The van der Waals surface area contributed by atoms with Gasteiger partial charge in [-0.3, -0.25) is 9.59 Å². The van der Waals surface area contributed by atoms with Crippen molar-refractivity contribution in [3.05, 3.63) is 47.5 Å². The summed E-state index contributed by atoms with van der Waals surface area (Å²) in [5, 5.41) is 16.6. The third-order valence-corrected chi connectivity index (χ3v) is 5.50. The van der Waals surface area contributed by atoms with Gasteiger partial charge in [0.05, 0.1) is 11.8 Å². The average molecular weight is 381 g/mol. The molecule has 0 fully saturated rings. The fourth-order valence-corrected chi connectivity index (χ4v) is 3.88. The highest BCUT2D eigenvalue weighted by atomic mass is 32.2. The van der Waals surface area contributed by atoms with E-state index < -0.39 is 0 Å². The fourth-order valence-electron chi connectivity index (χ4n) is 3.16. The highest BCUT2D eigenvalue weighted by Crippen LogP contribution is 2.27. The zero-order valence-electron chi connectivity index (χ0n) is 14.8. The Morgan fingerprint density at radius 2 is 2.04 bits per heavy atom. The normalized spacial score (nSPS) is 15.8. The first kappa shape index (κ1) is 17.5. The first-order valence-electron chi connectivity index (χ1n) is 8.71. The SMILES string of the molecule is Cc1ccc2c(c1)CCC(C(=O)SCC(=O)Nc1ccc3n[nH]nc3c1)N2. The van der Waals surface area contributed by atoms with Crippen LogP contribution in [0.25, 0.3) is 11.0 Å². The van der Waals surface area contributed by atoms with Gasteiger partial charge in [-0.05, 0) is 49.6 Å². The van der Waals surface area contributed by atoms with Crippen LogP contribution in [0.4, 0.5) is 11.4 Å². The minimum atomic E-state index is -0.260. The molecule has 1 aliphatic rings. The molecule has 0 bridgehead atoms. The van der Waals surface area contributed by atoms with E-state index in [1.165, 1.54) is 11.1 Å². The molecule has 27 heavy (non-hydrogen) atoms. The van der Waals surface area contributed by atoms with Crippen LogP contribution in [0, 0.1) is 6.92 Å². The van der Waals surface area contributed by atoms with E-state index in [0.717, 1.165) is 35.8 Å². The number of carbonyl (C=O) groups is 2. The van der Waals surface area contributed by atoms with Crippen LogP contribution in [-0.2, 0) is 16.0 Å². The number of nitrogens with zero attached hydrogens (tertiary/aromatic N) is 2. The number of thioether (sulfide) groups is 1. The van der Waals surface area contributed by atoms with Crippen molar-refractivity contribution in [1.29, 1.82) is 0 Å². The number of H-pyrrole nitrogens is 1. The van der Waals surface area contributed by atoms with Crippen molar-refractivity contribution in [2.75, 3.05) is 16.4 Å². The van der Waals surface area contributed by atoms with Crippen molar-refractivity contribution in [3.8, 4) is 0 Å². The lowest BCUT2D eigenvalue weighted by Gasteiger charge is -2.26. The molecule has 1 unspecified atom stereocenters. The zero-order chi connectivity index (χ0) is 18.8. The third kappa shape index (κ3) is 3.95. The first-order valence-corrected chi connectivity index (χ1v) is 9.70. The summed E-state index contributed by atoms with van der Waals surface area (Å²) in [4.78, 5) is 24.6. The molecule has 1 aliphatic heterocycles. The molecule has 8 heteroatoms. The van der Waals surface area contributed by atoms with E-state index in [9.17, 15) is 9.59 Å². The number of fused-ring (bicyclic) bond motifs is 2. The molecule has 0 spiro atoms. The molecule has 0 saturated heterocycles. The van der Waals surface area contributed by atoms with E-state index in [-0.39, 0.29) is 22.8 Å². The Hall–Kier alpha value is -2.87. The zero-order valence-corrected chi connectivity index (χ0v) is 15.6. The average Bonchev–Trinajstić information content (AvgIpc) is 3.13. The second kappa shape index (κ2) is 7.40. The summed E-state index contributed by atoms with van der Waals surface area (Å²) in [7, 11) is 0. The maximum Gasteiger partial charge on any atom is 0.234 e. The molecule has 0 aliphatic carbocycles. The predicted molar refractivity (Wildman–Crippen MR) is 107 cm³/mol.